The molecule has 0 unspecified atom stereocenters. The second kappa shape index (κ2) is 6.69. The van der Waals surface area contributed by atoms with Crippen molar-refractivity contribution in [2.75, 3.05) is 7.11 Å². The summed E-state index contributed by atoms with van der Waals surface area (Å²) in [4.78, 5) is 12.3. The van der Waals surface area contributed by atoms with Crippen LogP contribution in [0.15, 0.2) is 60.7 Å². The first-order valence-corrected chi connectivity index (χ1v) is 7.92. The van der Waals surface area contributed by atoms with Crippen LogP contribution in [-0.4, -0.2) is 13.0 Å². The summed E-state index contributed by atoms with van der Waals surface area (Å²) in [6.45, 7) is 0. The monoisotopic (exact) mass is 307 g/mol. The highest BCUT2D eigenvalue weighted by atomic mass is 16.5. The molecule has 1 aliphatic rings. The van der Waals surface area contributed by atoms with E-state index < -0.39 is 0 Å². The van der Waals surface area contributed by atoms with E-state index in [-0.39, 0.29) is 11.4 Å². The van der Waals surface area contributed by atoms with Crippen LogP contribution in [-0.2, 0) is 10.3 Å². The highest BCUT2D eigenvalue weighted by molar-refractivity contribution is 5.92. The van der Waals surface area contributed by atoms with E-state index in [1.165, 1.54) is 5.56 Å². The van der Waals surface area contributed by atoms with Crippen molar-refractivity contribution in [2.45, 2.75) is 24.8 Å². The van der Waals surface area contributed by atoms with E-state index in [4.69, 9.17) is 4.74 Å². The van der Waals surface area contributed by atoms with Crippen molar-refractivity contribution >= 4 is 12.0 Å². The lowest BCUT2D eigenvalue weighted by molar-refractivity contribution is -0.119. The van der Waals surface area contributed by atoms with E-state index in [2.05, 4.69) is 17.4 Å². The first-order valence-electron chi connectivity index (χ1n) is 7.92. The topological polar surface area (TPSA) is 38.3 Å². The Morgan fingerprint density at radius 2 is 1.91 bits per heavy atom. The fourth-order valence-electron chi connectivity index (χ4n) is 2.97. The maximum absolute atomic E-state index is 12.3. The van der Waals surface area contributed by atoms with Crippen LogP contribution >= 0.6 is 0 Å². The molecular formula is C20H21NO2. The van der Waals surface area contributed by atoms with Gasteiger partial charge in [-0.2, -0.15) is 0 Å². The zero-order valence-electron chi connectivity index (χ0n) is 13.3. The molecule has 0 spiro atoms. The third-order valence-corrected chi connectivity index (χ3v) is 4.42. The number of hydrogen-bond acceptors (Lipinski definition) is 2. The van der Waals surface area contributed by atoms with Gasteiger partial charge in [-0.25, -0.2) is 0 Å². The van der Waals surface area contributed by atoms with Gasteiger partial charge in [0.1, 0.15) is 5.75 Å². The molecular weight excluding hydrogens is 286 g/mol. The van der Waals surface area contributed by atoms with Crippen molar-refractivity contribution in [1.82, 2.24) is 5.32 Å². The molecule has 0 bridgehead atoms. The van der Waals surface area contributed by atoms with Gasteiger partial charge >= 0.3 is 0 Å². The summed E-state index contributed by atoms with van der Waals surface area (Å²) in [6.07, 6.45) is 6.55. The summed E-state index contributed by atoms with van der Waals surface area (Å²) in [6, 6.07) is 17.9. The van der Waals surface area contributed by atoms with Crippen LogP contribution in [0.3, 0.4) is 0 Å². The standard InChI is InChI=1S/C20H21NO2/c1-23-18-10-5-7-16(15-18)11-12-19(22)21-20(13-6-14-20)17-8-3-2-4-9-17/h2-5,7-12,15H,6,13-14H2,1H3,(H,21,22). The number of rotatable bonds is 5. The Hall–Kier alpha value is -2.55. The summed E-state index contributed by atoms with van der Waals surface area (Å²) in [7, 11) is 1.63. The van der Waals surface area contributed by atoms with Gasteiger partial charge in [0.15, 0.2) is 0 Å². The predicted octanol–water partition coefficient (Wildman–Crippen LogP) is 3.90. The largest absolute Gasteiger partial charge is 0.497 e. The van der Waals surface area contributed by atoms with Gasteiger partial charge in [-0.15, -0.1) is 0 Å². The number of carbonyl (C=O) groups is 1. The molecule has 0 saturated heterocycles. The van der Waals surface area contributed by atoms with Gasteiger partial charge in [-0.05, 0) is 48.6 Å². The highest BCUT2D eigenvalue weighted by Crippen LogP contribution is 2.41. The molecule has 1 N–H and O–H groups in total. The molecule has 2 aromatic carbocycles. The fraction of sp³-hybridized carbons (Fsp3) is 0.250. The average molecular weight is 307 g/mol. The van der Waals surface area contributed by atoms with Gasteiger partial charge < -0.3 is 10.1 Å². The van der Waals surface area contributed by atoms with Crippen molar-refractivity contribution in [1.29, 1.82) is 0 Å². The molecule has 0 aromatic heterocycles. The summed E-state index contributed by atoms with van der Waals surface area (Å²) in [5.74, 6) is 0.726. The lowest BCUT2D eigenvalue weighted by atomic mass is 9.72. The van der Waals surface area contributed by atoms with Crippen LogP contribution in [0.5, 0.6) is 5.75 Å². The first kappa shape index (κ1) is 15.3. The Kier molecular flexibility index (Phi) is 4.47. The predicted molar refractivity (Wildman–Crippen MR) is 92.1 cm³/mol. The number of amides is 1. The maximum Gasteiger partial charge on any atom is 0.244 e. The molecule has 0 aliphatic heterocycles. The van der Waals surface area contributed by atoms with E-state index in [1.54, 1.807) is 13.2 Å². The maximum atomic E-state index is 12.3. The Balaban J connectivity index is 1.70. The lowest BCUT2D eigenvalue weighted by Crippen LogP contribution is -2.50. The van der Waals surface area contributed by atoms with Crippen molar-refractivity contribution < 1.29 is 9.53 Å². The van der Waals surface area contributed by atoms with Crippen molar-refractivity contribution in [2.24, 2.45) is 0 Å². The SMILES string of the molecule is COc1cccc(C=CC(=O)NC2(c3ccccc3)CCC2)c1. The Bertz CT molecular complexity index is 703. The summed E-state index contributed by atoms with van der Waals surface area (Å²) < 4.78 is 5.19. The molecule has 3 rings (SSSR count). The van der Waals surface area contributed by atoms with Gasteiger partial charge in [-0.1, -0.05) is 42.5 Å². The molecule has 1 saturated carbocycles. The van der Waals surface area contributed by atoms with Crippen LogP contribution < -0.4 is 10.1 Å². The minimum absolute atomic E-state index is 0.0589. The second-order valence-corrected chi connectivity index (χ2v) is 5.90. The molecule has 0 radical (unpaired) electrons. The molecule has 1 aliphatic carbocycles. The molecule has 3 heteroatoms. The molecule has 0 atom stereocenters. The number of ether oxygens (including phenoxy) is 1. The van der Waals surface area contributed by atoms with Gasteiger partial charge in [0, 0.05) is 6.08 Å². The first-order chi connectivity index (χ1) is 11.2. The fourth-order valence-corrected chi connectivity index (χ4v) is 2.97. The summed E-state index contributed by atoms with van der Waals surface area (Å²) >= 11 is 0. The highest BCUT2D eigenvalue weighted by Gasteiger charge is 2.39. The minimum atomic E-state index is -0.197. The quantitative estimate of drug-likeness (QED) is 0.851. The normalized spacial score (nSPS) is 15.9. The Morgan fingerprint density at radius 3 is 2.57 bits per heavy atom. The summed E-state index contributed by atoms with van der Waals surface area (Å²) in [5.41, 5.74) is 1.94. The molecule has 3 nitrogen and oxygen atoms in total. The molecule has 2 aromatic rings. The lowest BCUT2D eigenvalue weighted by Gasteiger charge is -2.42. The number of methoxy groups -OCH3 is 1. The molecule has 118 valence electrons. The van der Waals surface area contributed by atoms with Gasteiger partial charge in [-0.3, -0.25) is 4.79 Å². The van der Waals surface area contributed by atoms with E-state index in [9.17, 15) is 4.79 Å². The van der Waals surface area contributed by atoms with Crippen molar-refractivity contribution in [3.63, 3.8) is 0 Å². The van der Waals surface area contributed by atoms with E-state index in [0.717, 1.165) is 30.6 Å². The number of hydrogen-bond donors (Lipinski definition) is 1. The number of carbonyl (C=O) groups excluding carboxylic acids is 1. The zero-order valence-corrected chi connectivity index (χ0v) is 13.3. The summed E-state index contributed by atoms with van der Waals surface area (Å²) in [5, 5.41) is 3.19. The Labute approximate surface area is 137 Å². The van der Waals surface area contributed by atoms with Gasteiger partial charge in [0.05, 0.1) is 12.6 Å². The van der Waals surface area contributed by atoms with Gasteiger partial charge in [0.2, 0.25) is 5.91 Å². The minimum Gasteiger partial charge on any atom is -0.497 e. The van der Waals surface area contributed by atoms with E-state index in [1.807, 2.05) is 48.5 Å². The molecule has 1 amide bonds. The van der Waals surface area contributed by atoms with Crippen LogP contribution in [0, 0.1) is 0 Å². The zero-order chi connectivity index (χ0) is 16.1. The number of nitrogens with one attached hydrogen (secondary N) is 1. The van der Waals surface area contributed by atoms with Crippen molar-refractivity contribution in [3.05, 3.63) is 71.8 Å². The van der Waals surface area contributed by atoms with Crippen LogP contribution in [0.4, 0.5) is 0 Å². The smallest absolute Gasteiger partial charge is 0.244 e. The number of benzene rings is 2. The molecule has 1 fully saturated rings. The Morgan fingerprint density at radius 1 is 1.13 bits per heavy atom. The third-order valence-electron chi connectivity index (χ3n) is 4.42. The van der Waals surface area contributed by atoms with E-state index in [0.29, 0.717) is 0 Å². The van der Waals surface area contributed by atoms with Crippen LogP contribution in [0.25, 0.3) is 6.08 Å². The van der Waals surface area contributed by atoms with Crippen molar-refractivity contribution in [3.8, 4) is 5.75 Å². The van der Waals surface area contributed by atoms with Gasteiger partial charge in [0.25, 0.3) is 0 Å². The molecule has 23 heavy (non-hydrogen) atoms. The third kappa shape index (κ3) is 3.45. The molecule has 0 heterocycles. The van der Waals surface area contributed by atoms with E-state index >= 15 is 0 Å². The van der Waals surface area contributed by atoms with Crippen LogP contribution in [0.1, 0.15) is 30.4 Å². The van der Waals surface area contributed by atoms with Crippen LogP contribution in [0.2, 0.25) is 0 Å². The second-order valence-electron chi connectivity index (χ2n) is 5.90. The average Bonchev–Trinajstić information content (AvgIpc) is 2.57.